The van der Waals surface area contributed by atoms with Crippen LogP contribution in [0.2, 0.25) is 5.15 Å². The third-order valence-electron chi connectivity index (χ3n) is 1.56. The molecule has 0 fully saturated rings. The van der Waals surface area contributed by atoms with Crippen LogP contribution in [-0.4, -0.2) is 15.9 Å². The predicted octanol–water partition coefficient (Wildman–Crippen LogP) is 2.11. The van der Waals surface area contributed by atoms with Gasteiger partial charge in [-0.25, -0.2) is 9.97 Å². The molecule has 0 saturated carbocycles. The summed E-state index contributed by atoms with van der Waals surface area (Å²) in [6.45, 7) is 5.47. The highest BCUT2D eigenvalue weighted by molar-refractivity contribution is 6.29. The van der Waals surface area contributed by atoms with Crippen molar-refractivity contribution < 1.29 is 4.79 Å². The molecule has 5 heteroatoms. The summed E-state index contributed by atoms with van der Waals surface area (Å²) in [4.78, 5) is 19.1. The third-order valence-corrected chi connectivity index (χ3v) is 1.76. The number of anilines is 1. The number of hydrogen-bond acceptors (Lipinski definition) is 3. The van der Waals surface area contributed by atoms with Gasteiger partial charge < -0.3 is 5.32 Å². The monoisotopic (exact) mass is 213 g/mol. The maximum atomic E-state index is 11.5. The van der Waals surface area contributed by atoms with Crippen LogP contribution in [0.3, 0.4) is 0 Å². The van der Waals surface area contributed by atoms with Crippen LogP contribution in [0.5, 0.6) is 0 Å². The number of nitrogens with zero attached hydrogens (tertiary/aromatic N) is 2. The van der Waals surface area contributed by atoms with E-state index in [1.54, 1.807) is 0 Å². The minimum atomic E-state index is -0.447. The molecule has 0 aliphatic rings. The first-order valence-electron chi connectivity index (χ1n) is 4.18. The fourth-order valence-corrected chi connectivity index (χ4v) is 0.853. The second kappa shape index (κ2) is 3.92. The molecule has 1 aromatic heterocycles. The Labute approximate surface area is 87.7 Å². The Morgan fingerprint density at radius 3 is 2.57 bits per heavy atom. The van der Waals surface area contributed by atoms with Crippen LogP contribution in [-0.2, 0) is 4.79 Å². The topological polar surface area (TPSA) is 54.9 Å². The summed E-state index contributed by atoms with van der Waals surface area (Å²) in [5.74, 6) is 0.317. The summed E-state index contributed by atoms with van der Waals surface area (Å²) >= 11 is 5.64. The van der Waals surface area contributed by atoms with E-state index in [2.05, 4.69) is 15.3 Å². The molecule has 0 bridgehead atoms. The average Bonchev–Trinajstić information content (AvgIpc) is 2.02. The zero-order valence-corrected chi connectivity index (χ0v) is 9.09. The summed E-state index contributed by atoms with van der Waals surface area (Å²) in [5, 5.41) is 2.96. The number of nitrogens with one attached hydrogen (secondary N) is 1. The van der Waals surface area contributed by atoms with Gasteiger partial charge in [-0.15, -0.1) is 0 Å². The van der Waals surface area contributed by atoms with E-state index in [1.165, 1.54) is 12.4 Å². The number of hydrogen-bond donors (Lipinski definition) is 1. The predicted molar refractivity (Wildman–Crippen MR) is 55.1 cm³/mol. The van der Waals surface area contributed by atoms with Crippen LogP contribution in [0.25, 0.3) is 0 Å². The number of halogens is 1. The average molecular weight is 214 g/mol. The molecule has 0 aromatic carbocycles. The fraction of sp³-hybridized carbons (Fsp3) is 0.444. The van der Waals surface area contributed by atoms with Crippen molar-refractivity contribution in [3.8, 4) is 0 Å². The van der Waals surface area contributed by atoms with Gasteiger partial charge in [0.15, 0.2) is 0 Å². The van der Waals surface area contributed by atoms with E-state index in [9.17, 15) is 4.79 Å². The lowest BCUT2D eigenvalue weighted by molar-refractivity contribution is -0.123. The normalized spacial score (nSPS) is 11.1. The van der Waals surface area contributed by atoms with Crippen LogP contribution in [0.15, 0.2) is 12.4 Å². The first-order chi connectivity index (χ1) is 6.39. The maximum Gasteiger partial charge on any atom is 0.230 e. The second-order valence-corrected chi connectivity index (χ2v) is 4.32. The minimum absolute atomic E-state index is 0.104. The second-order valence-electron chi connectivity index (χ2n) is 3.93. The van der Waals surface area contributed by atoms with Crippen molar-refractivity contribution in [3.63, 3.8) is 0 Å². The molecule has 1 amide bonds. The minimum Gasteiger partial charge on any atom is -0.310 e. The van der Waals surface area contributed by atoms with Gasteiger partial charge in [0, 0.05) is 11.5 Å². The Hall–Kier alpha value is -1.16. The molecule has 0 atom stereocenters. The smallest absolute Gasteiger partial charge is 0.230 e. The molecule has 1 aromatic rings. The molecule has 1 rings (SSSR count). The molecule has 14 heavy (non-hydrogen) atoms. The summed E-state index contributed by atoms with van der Waals surface area (Å²) in [7, 11) is 0. The molecule has 0 aliphatic carbocycles. The summed E-state index contributed by atoms with van der Waals surface area (Å²) in [5.41, 5.74) is -0.447. The highest BCUT2D eigenvalue weighted by Gasteiger charge is 2.21. The quantitative estimate of drug-likeness (QED) is 0.727. The van der Waals surface area contributed by atoms with Crippen LogP contribution >= 0.6 is 11.6 Å². The standard InChI is InChI=1S/C9H12ClN3O/c1-9(2,3)8(14)13-7-4-6(10)11-5-12-7/h4-5H,1-3H3,(H,11,12,13,14). The van der Waals surface area contributed by atoms with Gasteiger partial charge in [0.05, 0.1) is 0 Å². The Balaban J connectivity index is 2.75. The van der Waals surface area contributed by atoms with Gasteiger partial charge >= 0.3 is 0 Å². The van der Waals surface area contributed by atoms with Crippen molar-refractivity contribution in [2.75, 3.05) is 5.32 Å². The van der Waals surface area contributed by atoms with E-state index in [0.29, 0.717) is 11.0 Å². The van der Waals surface area contributed by atoms with E-state index in [-0.39, 0.29) is 5.91 Å². The molecule has 0 saturated heterocycles. The zero-order chi connectivity index (χ0) is 10.8. The Morgan fingerprint density at radius 1 is 1.43 bits per heavy atom. The van der Waals surface area contributed by atoms with Gasteiger partial charge in [-0.05, 0) is 0 Å². The van der Waals surface area contributed by atoms with Crippen molar-refractivity contribution in [1.82, 2.24) is 9.97 Å². The molecule has 1 N–H and O–H groups in total. The number of carbonyl (C=O) groups is 1. The van der Waals surface area contributed by atoms with Gasteiger partial charge in [0.1, 0.15) is 17.3 Å². The highest BCUT2D eigenvalue weighted by Crippen LogP contribution is 2.16. The molecule has 0 aliphatic heterocycles. The molecule has 1 heterocycles. The van der Waals surface area contributed by atoms with E-state index in [0.717, 1.165) is 0 Å². The number of rotatable bonds is 1. The van der Waals surface area contributed by atoms with Crippen molar-refractivity contribution >= 4 is 23.3 Å². The van der Waals surface area contributed by atoms with Gasteiger partial charge in [-0.3, -0.25) is 4.79 Å². The largest absolute Gasteiger partial charge is 0.310 e. The van der Waals surface area contributed by atoms with Crippen LogP contribution in [0.4, 0.5) is 5.82 Å². The van der Waals surface area contributed by atoms with Crippen LogP contribution < -0.4 is 5.32 Å². The lowest BCUT2D eigenvalue weighted by Gasteiger charge is -2.16. The van der Waals surface area contributed by atoms with Crippen LogP contribution in [0.1, 0.15) is 20.8 Å². The molecule has 76 valence electrons. The first-order valence-corrected chi connectivity index (χ1v) is 4.56. The number of aromatic nitrogens is 2. The number of carbonyl (C=O) groups excluding carboxylic acids is 1. The third kappa shape index (κ3) is 2.96. The van der Waals surface area contributed by atoms with Crippen molar-refractivity contribution in [2.45, 2.75) is 20.8 Å². The van der Waals surface area contributed by atoms with Gasteiger partial charge in [-0.2, -0.15) is 0 Å². The van der Waals surface area contributed by atoms with Crippen molar-refractivity contribution in [3.05, 3.63) is 17.5 Å². The molecular weight excluding hydrogens is 202 g/mol. The van der Waals surface area contributed by atoms with Crippen LogP contribution in [0, 0.1) is 5.41 Å². The molecule has 0 unspecified atom stereocenters. The lowest BCUT2D eigenvalue weighted by Crippen LogP contribution is -2.28. The molecular formula is C9H12ClN3O. The van der Waals surface area contributed by atoms with Crippen molar-refractivity contribution in [1.29, 1.82) is 0 Å². The van der Waals surface area contributed by atoms with E-state index in [1.807, 2.05) is 20.8 Å². The molecule has 0 radical (unpaired) electrons. The zero-order valence-electron chi connectivity index (χ0n) is 8.34. The Bertz CT molecular complexity index is 346. The van der Waals surface area contributed by atoms with Gasteiger partial charge in [-0.1, -0.05) is 32.4 Å². The van der Waals surface area contributed by atoms with Crippen molar-refractivity contribution in [2.24, 2.45) is 5.41 Å². The molecule has 4 nitrogen and oxygen atoms in total. The molecule has 0 spiro atoms. The SMILES string of the molecule is CC(C)(C)C(=O)Nc1cc(Cl)ncn1. The first kappa shape index (κ1) is 10.9. The van der Waals surface area contributed by atoms with Gasteiger partial charge in [0.2, 0.25) is 5.91 Å². The number of amides is 1. The summed E-state index contributed by atoms with van der Waals surface area (Å²) < 4.78 is 0. The summed E-state index contributed by atoms with van der Waals surface area (Å²) in [6, 6.07) is 1.51. The Morgan fingerprint density at radius 2 is 2.07 bits per heavy atom. The van der Waals surface area contributed by atoms with E-state index < -0.39 is 5.41 Å². The fourth-order valence-electron chi connectivity index (χ4n) is 0.706. The highest BCUT2D eigenvalue weighted by atomic mass is 35.5. The van der Waals surface area contributed by atoms with E-state index in [4.69, 9.17) is 11.6 Å². The van der Waals surface area contributed by atoms with Gasteiger partial charge in [0.25, 0.3) is 0 Å². The van der Waals surface area contributed by atoms with E-state index >= 15 is 0 Å². The lowest BCUT2D eigenvalue weighted by atomic mass is 9.96. The Kier molecular flexibility index (Phi) is 3.06. The summed E-state index contributed by atoms with van der Waals surface area (Å²) in [6.07, 6.45) is 1.31. The maximum absolute atomic E-state index is 11.5.